The molecule has 168 valence electrons. The summed E-state index contributed by atoms with van der Waals surface area (Å²) in [5.41, 5.74) is 0. The molecule has 0 amide bonds. The van der Waals surface area contributed by atoms with E-state index >= 15 is 0 Å². The molecule has 0 aliphatic heterocycles. The van der Waals surface area contributed by atoms with Gasteiger partial charge >= 0.3 is 39.3 Å². The quantitative estimate of drug-likeness (QED) is 0.186. The van der Waals surface area contributed by atoms with E-state index in [1.807, 2.05) is 0 Å². The highest BCUT2D eigenvalue weighted by molar-refractivity contribution is 7.86. The minimum atomic E-state index is -5.96. The largest absolute Gasteiger partial charge is 0.468 e. The lowest BCUT2D eigenvalue weighted by atomic mass is 9.98. The molecule has 1 saturated carbocycles. The highest BCUT2D eigenvalue weighted by Crippen LogP contribution is 2.38. The van der Waals surface area contributed by atoms with Gasteiger partial charge in [0.2, 0.25) is 0 Å². The van der Waals surface area contributed by atoms with Crippen LogP contribution in [0.25, 0.3) is 0 Å². The van der Waals surface area contributed by atoms with Gasteiger partial charge in [0, 0.05) is 6.08 Å². The Morgan fingerprint density at radius 3 is 2.10 bits per heavy atom. The lowest BCUT2D eigenvalue weighted by Crippen LogP contribution is -2.59. The van der Waals surface area contributed by atoms with E-state index in [9.17, 15) is 40.0 Å². The van der Waals surface area contributed by atoms with Gasteiger partial charge in [0.1, 0.15) is 6.10 Å². The molecule has 29 heavy (non-hydrogen) atoms. The Balaban J connectivity index is 3.14. The highest BCUT2D eigenvalue weighted by atomic mass is 32.2. The molecule has 0 aromatic heterocycles. The summed E-state index contributed by atoms with van der Waals surface area (Å²) in [5.74, 6) is -8.41. The van der Waals surface area contributed by atoms with E-state index in [1.165, 1.54) is 0 Å². The first-order valence-electron chi connectivity index (χ1n) is 8.28. The smallest absolute Gasteiger partial charge is 0.457 e. The van der Waals surface area contributed by atoms with Crippen LogP contribution < -0.4 is 0 Å². The second-order valence-electron chi connectivity index (χ2n) is 6.12. The van der Waals surface area contributed by atoms with Crippen LogP contribution in [0.1, 0.15) is 38.5 Å². The molecule has 14 heteroatoms. The fourth-order valence-corrected chi connectivity index (χ4v) is 2.76. The van der Waals surface area contributed by atoms with Crippen LogP contribution in [0, 0.1) is 0 Å². The molecule has 8 nitrogen and oxygen atoms in total. The third-order valence-corrected chi connectivity index (χ3v) is 4.91. The Morgan fingerprint density at radius 2 is 1.66 bits per heavy atom. The summed E-state index contributed by atoms with van der Waals surface area (Å²) >= 11 is 0. The van der Waals surface area contributed by atoms with Gasteiger partial charge in [0.15, 0.2) is 0 Å². The van der Waals surface area contributed by atoms with Gasteiger partial charge < -0.3 is 14.2 Å². The first-order chi connectivity index (χ1) is 13.2. The molecule has 0 saturated heterocycles. The van der Waals surface area contributed by atoms with E-state index in [0.717, 1.165) is 6.42 Å². The summed E-state index contributed by atoms with van der Waals surface area (Å²) in [5, 5.41) is -4.87. The van der Waals surface area contributed by atoms with E-state index in [-0.39, 0.29) is 18.9 Å². The number of esters is 2. The molecule has 1 unspecified atom stereocenters. The predicted octanol–water partition coefficient (Wildman–Crippen LogP) is 2.74. The molecule has 1 fully saturated rings. The van der Waals surface area contributed by atoms with Gasteiger partial charge in [-0.3, -0.25) is 4.55 Å². The Kier molecular flexibility index (Phi) is 8.13. The van der Waals surface area contributed by atoms with Crippen molar-refractivity contribution >= 4 is 22.1 Å². The van der Waals surface area contributed by atoms with Crippen molar-refractivity contribution in [3.8, 4) is 0 Å². The lowest BCUT2D eigenvalue weighted by Gasteiger charge is -2.34. The van der Waals surface area contributed by atoms with E-state index in [4.69, 9.17) is 9.29 Å². The molecular formula is C15H19F5O8S. The molecular weight excluding hydrogens is 435 g/mol. The summed E-state index contributed by atoms with van der Waals surface area (Å²) < 4.78 is 110. The van der Waals surface area contributed by atoms with E-state index in [2.05, 4.69) is 16.1 Å². The van der Waals surface area contributed by atoms with E-state index in [1.54, 1.807) is 0 Å². The van der Waals surface area contributed by atoms with Crippen molar-refractivity contribution in [3.63, 3.8) is 0 Å². The van der Waals surface area contributed by atoms with Crippen molar-refractivity contribution in [2.75, 3.05) is 6.61 Å². The van der Waals surface area contributed by atoms with Crippen LogP contribution in [0.3, 0.4) is 0 Å². The number of ether oxygens (including phenoxy) is 3. The zero-order chi connectivity index (χ0) is 22.5. The van der Waals surface area contributed by atoms with Crippen molar-refractivity contribution in [3.05, 3.63) is 12.7 Å². The average Bonchev–Trinajstić information content (AvgIpc) is 2.59. The zero-order valence-corrected chi connectivity index (χ0v) is 15.7. The molecule has 0 radical (unpaired) electrons. The fourth-order valence-electron chi connectivity index (χ4n) is 2.42. The molecule has 1 rings (SSSR count). The maximum Gasteiger partial charge on any atom is 0.468 e. The van der Waals surface area contributed by atoms with Gasteiger partial charge in [-0.2, -0.15) is 30.4 Å². The van der Waals surface area contributed by atoms with Gasteiger partial charge in [0.05, 0.1) is 13.0 Å². The summed E-state index contributed by atoms with van der Waals surface area (Å²) in [6.07, 6.45) is -6.06. The topological polar surface area (TPSA) is 116 Å². The lowest BCUT2D eigenvalue weighted by molar-refractivity contribution is -0.356. The average molecular weight is 454 g/mol. The minimum Gasteiger partial charge on any atom is -0.457 e. The van der Waals surface area contributed by atoms with Gasteiger partial charge in [-0.15, -0.1) is 0 Å². The van der Waals surface area contributed by atoms with Crippen LogP contribution in [0.4, 0.5) is 22.0 Å². The molecule has 0 heterocycles. The molecule has 1 aliphatic carbocycles. The standard InChI is InChI=1S/C15H19F5O8S/c1-2-11(21)28-14(15(18,19)20,12(22)27-10-6-4-3-5-7-10)26-9-8-13(16,17)29(23,24)25/h2,10H,1,3-9H2,(H,23,24,25). The van der Waals surface area contributed by atoms with Crippen molar-refractivity contribution in [2.24, 2.45) is 0 Å². The number of carbonyl (C=O) groups is 2. The summed E-state index contributed by atoms with van der Waals surface area (Å²) in [6.45, 7) is 1.13. The second-order valence-corrected chi connectivity index (χ2v) is 7.66. The second kappa shape index (κ2) is 9.34. The SMILES string of the molecule is C=CC(=O)OC(OCCC(F)(F)S(=O)(=O)O)(C(=O)OC1CCCCC1)C(F)(F)F. The molecule has 0 bridgehead atoms. The molecule has 1 N–H and O–H groups in total. The summed E-state index contributed by atoms with van der Waals surface area (Å²) in [7, 11) is -5.96. The summed E-state index contributed by atoms with van der Waals surface area (Å²) in [4.78, 5) is 23.6. The molecule has 0 aromatic carbocycles. The minimum absolute atomic E-state index is 0.232. The van der Waals surface area contributed by atoms with Gasteiger partial charge in [-0.1, -0.05) is 13.0 Å². The maximum absolute atomic E-state index is 13.6. The Bertz CT molecular complexity index is 715. The van der Waals surface area contributed by atoms with Crippen LogP contribution in [-0.2, 0) is 33.9 Å². The molecule has 0 spiro atoms. The number of halogens is 5. The third-order valence-electron chi connectivity index (χ3n) is 3.95. The molecule has 0 aromatic rings. The first-order valence-corrected chi connectivity index (χ1v) is 9.72. The Hall–Kier alpha value is -1.80. The third kappa shape index (κ3) is 6.34. The number of alkyl halides is 5. The highest BCUT2D eigenvalue weighted by Gasteiger charge is 2.68. The zero-order valence-electron chi connectivity index (χ0n) is 14.9. The normalized spacial score (nSPS) is 18.6. The van der Waals surface area contributed by atoms with Crippen LogP contribution in [-0.4, -0.2) is 54.8 Å². The van der Waals surface area contributed by atoms with Crippen molar-refractivity contribution < 1.29 is 58.7 Å². The first kappa shape index (κ1) is 25.2. The molecule has 1 atom stereocenters. The maximum atomic E-state index is 13.6. The van der Waals surface area contributed by atoms with Gasteiger partial charge in [0.25, 0.3) is 0 Å². The van der Waals surface area contributed by atoms with Crippen LogP contribution in [0.15, 0.2) is 12.7 Å². The number of carbonyl (C=O) groups excluding carboxylic acids is 2. The Labute approximate surface area is 162 Å². The van der Waals surface area contributed by atoms with Crippen LogP contribution in [0.2, 0.25) is 0 Å². The van der Waals surface area contributed by atoms with Gasteiger partial charge in [-0.25, -0.2) is 9.59 Å². The monoisotopic (exact) mass is 454 g/mol. The van der Waals surface area contributed by atoms with Crippen LogP contribution >= 0.6 is 0 Å². The van der Waals surface area contributed by atoms with E-state index < -0.39 is 58.4 Å². The predicted molar refractivity (Wildman–Crippen MR) is 85.1 cm³/mol. The Morgan fingerprint density at radius 1 is 1.10 bits per heavy atom. The number of hydrogen-bond donors (Lipinski definition) is 1. The number of rotatable bonds is 9. The molecule has 1 aliphatic rings. The van der Waals surface area contributed by atoms with Crippen molar-refractivity contribution in [1.29, 1.82) is 0 Å². The summed E-state index contributed by atoms with van der Waals surface area (Å²) in [6, 6.07) is 0. The number of hydrogen-bond acceptors (Lipinski definition) is 7. The van der Waals surface area contributed by atoms with Crippen LogP contribution in [0.5, 0.6) is 0 Å². The fraction of sp³-hybridized carbons (Fsp3) is 0.733. The van der Waals surface area contributed by atoms with Gasteiger partial charge in [-0.05, 0) is 25.7 Å². The van der Waals surface area contributed by atoms with Crippen molar-refractivity contribution in [1.82, 2.24) is 0 Å². The van der Waals surface area contributed by atoms with Crippen molar-refractivity contribution in [2.45, 2.75) is 61.8 Å². The van der Waals surface area contributed by atoms with E-state index in [0.29, 0.717) is 12.8 Å².